The Labute approximate surface area is 175 Å². The molecule has 1 aliphatic heterocycles. The fourth-order valence-electron chi connectivity index (χ4n) is 3.42. The van der Waals surface area contributed by atoms with Crippen molar-refractivity contribution in [2.75, 3.05) is 40.4 Å². The van der Waals surface area contributed by atoms with E-state index in [0.29, 0.717) is 36.6 Å². The van der Waals surface area contributed by atoms with Crippen LogP contribution in [0.4, 0.5) is 0 Å². The summed E-state index contributed by atoms with van der Waals surface area (Å²) in [5, 5.41) is 0. The molecular weight excluding hydrogens is 396 g/mol. The number of ether oxygens (including phenoxy) is 2. The lowest BCUT2D eigenvalue weighted by atomic mass is 10.0. The molecule has 0 aliphatic carbocycles. The minimum atomic E-state index is 0.0186. The molecule has 1 aromatic carbocycles. The average Bonchev–Trinajstić information content (AvgIpc) is 3.12. The summed E-state index contributed by atoms with van der Waals surface area (Å²) < 4.78 is 11.7. The van der Waals surface area contributed by atoms with Gasteiger partial charge >= 0.3 is 0 Å². The molecule has 0 unspecified atom stereocenters. The summed E-state index contributed by atoms with van der Waals surface area (Å²) in [6.45, 7) is 7.74. The zero-order valence-corrected chi connectivity index (χ0v) is 17.8. The van der Waals surface area contributed by atoms with E-state index in [1.165, 1.54) is 4.88 Å². The lowest BCUT2D eigenvalue weighted by molar-refractivity contribution is 0.0629. The lowest BCUT2D eigenvalue weighted by Gasteiger charge is -2.34. The van der Waals surface area contributed by atoms with Crippen LogP contribution in [-0.2, 0) is 13.0 Å². The first-order chi connectivity index (χ1) is 13.5. The maximum atomic E-state index is 13.1. The number of methoxy groups -OCH3 is 2. The van der Waals surface area contributed by atoms with Gasteiger partial charge in [0.15, 0.2) is 11.5 Å². The molecule has 150 valence electrons. The monoisotopic (exact) mass is 420 g/mol. The van der Waals surface area contributed by atoms with Gasteiger partial charge in [-0.2, -0.15) is 0 Å². The van der Waals surface area contributed by atoms with Gasteiger partial charge in [-0.3, -0.25) is 9.69 Å². The summed E-state index contributed by atoms with van der Waals surface area (Å²) >= 11 is 7.62. The van der Waals surface area contributed by atoms with E-state index in [2.05, 4.69) is 17.5 Å². The minimum absolute atomic E-state index is 0.0186. The number of carbonyl (C=O) groups excluding carboxylic acids is 1. The lowest BCUT2D eigenvalue weighted by Crippen LogP contribution is -2.48. The van der Waals surface area contributed by atoms with Crippen LogP contribution in [0.2, 0.25) is 4.34 Å². The highest BCUT2D eigenvalue weighted by Crippen LogP contribution is 2.33. The Hall–Kier alpha value is -2.02. The van der Waals surface area contributed by atoms with Gasteiger partial charge in [-0.05, 0) is 30.7 Å². The van der Waals surface area contributed by atoms with Gasteiger partial charge in [0, 0.05) is 48.7 Å². The highest BCUT2D eigenvalue weighted by molar-refractivity contribution is 7.16. The highest BCUT2D eigenvalue weighted by Gasteiger charge is 2.24. The Morgan fingerprint density at radius 2 is 1.96 bits per heavy atom. The van der Waals surface area contributed by atoms with Crippen molar-refractivity contribution < 1.29 is 14.3 Å². The van der Waals surface area contributed by atoms with Crippen molar-refractivity contribution in [2.45, 2.75) is 13.0 Å². The van der Waals surface area contributed by atoms with Crippen molar-refractivity contribution in [2.24, 2.45) is 0 Å². The van der Waals surface area contributed by atoms with E-state index in [0.717, 1.165) is 29.5 Å². The summed E-state index contributed by atoms with van der Waals surface area (Å²) in [7, 11) is 3.19. The summed E-state index contributed by atoms with van der Waals surface area (Å²) in [6.07, 6.45) is 2.40. The molecular formula is C21H25ClN2O3S. The van der Waals surface area contributed by atoms with Crippen molar-refractivity contribution in [3.05, 3.63) is 57.3 Å². The van der Waals surface area contributed by atoms with E-state index < -0.39 is 0 Å². The normalized spacial score (nSPS) is 14.8. The fourth-order valence-corrected chi connectivity index (χ4v) is 4.55. The molecule has 7 heteroatoms. The van der Waals surface area contributed by atoms with Crippen molar-refractivity contribution in [1.29, 1.82) is 0 Å². The number of allylic oxidation sites excluding steroid dienone is 1. The third kappa shape index (κ3) is 4.69. The number of nitrogens with zero attached hydrogens (tertiary/aromatic N) is 2. The van der Waals surface area contributed by atoms with Crippen molar-refractivity contribution >= 4 is 28.8 Å². The second-order valence-corrected chi connectivity index (χ2v) is 8.44. The molecule has 1 amide bonds. The number of thiophene rings is 1. The third-order valence-electron chi connectivity index (χ3n) is 4.83. The molecule has 0 atom stereocenters. The number of piperazine rings is 1. The van der Waals surface area contributed by atoms with Crippen LogP contribution in [0.25, 0.3) is 0 Å². The second-order valence-electron chi connectivity index (χ2n) is 6.64. The number of hydrogen-bond donors (Lipinski definition) is 0. The number of amides is 1. The molecule has 0 spiro atoms. The molecule has 3 rings (SSSR count). The van der Waals surface area contributed by atoms with Gasteiger partial charge in [-0.1, -0.05) is 17.7 Å². The predicted octanol–water partition coefficient (Wildman–Crippen LogP) is 4.11. The van der Waals surface area contributed by atoms with E-state index in [1.807, 2.05) is 17.0 Å². The zero-order chi connectivity index (χ0) is 20.1. The fraction of sp³-hybridized carbons (Fsp3) is 0.381. The molecule has 28 heavy (non-hydrogen) atoms. The molecule has 1 aromatic heterocycles. The van der Waals surface area contributed by atoms with Crippen LogP contribution < -0.4 is 9.47 Å². The van der Waals surface area contributed by atoms with Gasteiger partial charge in [-0.25, -0.2) is 0 Å². The van der Waals surface area contributed by atoms with Crippen LogP contribution in [0.5, 0.6) is 11.5 Å². The predicted molar refractivity (Wildman–Crippen MR) is 114 cm³/mol. The van der Waals surface area contributed by atoms with Crippen LogP contribution in [0.1, 0.15) is 20.8 Å². The summed E-state index contributed by atoms with van der Waals surface area (Å²) in [4.78, 5) is 18.6. The maximum absolute atomic E-state index is 13.1. The second kappa shape index (κ2) is 9.45. The van der Waals surface area contributed by atoms with Gasteiger partial charge in [0.05, 0.1) is 18.6 Å². The Morgan fingerprint density at radius 1 is 1.21 bits per heavy atom. The van der Waals surface area contributed by atoms with E-state index >= 15 is 0 Å². The van der Waals surface area contributed by atoms with Crippen LogP contribution in [0.3, 0.4) is 0 Å². The Morgan fingerprint density at radius 3 is 2.54 bits per heavy atom. The smallest absolute Gasteiger partial charge is 0.254 e. The number of rotatable bonds is 7. The Kier molecular flexibility index (Phi) is 6.99. The van der Waals surface area contributed by atoms with E-state index in [-0.39, 0.29) is 5.91 Å². The SMILES string of the molecule is C=CCc1cc(C(=O)N2CCN(Cc3ccc(Cl)s3)CC2)cc(OC)c1OC. The largest absolute Gasteiger partial charge is 0.493 e. The highest BCUT2D eigenvalue weighted by atomic mass is 35.5. The van der Waals surface area contributed by atoms with Crippen LogP contribution in [0, 0.1) is 0 Å². The first kappa shape index (κ1) is 20.7. The van der Waals surface area contributed by atoms with Gasteiger partial charge < -0.3 is 14.4 Å². The number of carbonyl (C=O) groups is 1. The van der Waals surface area contributed by atoms with Gasteiger partial charge in [0.1, 0.15) is 0 Å². The zero-order valence-electron chi connectivity index (χ0n) is 16.2. The van der Waals surface area contributed by atoms with E-state index in [9.17, 15) is 4.79 Å². The number of benzene rings is 1. The molecule has 2 heterocycles. The van der Waals surface area contributed by atoms with Crippen molar-refractivity contribution in [3.8, 4) is 11.5 Å². The topological polar surface area (TPSA) is 42.0 Å². The van der Waals surface area contributed by atoms with Crippen molar-refractivity contribution in [1.82, 2.24) is 9.80 Å². The first-order valence-corrected chi connectivity index (χ1v) is 10.4. The average molecular weight is 421 g/mol. The quantitative estimate of drug-likeness (QED) is 0.632. The Balaban J connectivity index is 1.69. The van der Waals surface area contributed by atoms with Gasteiger partial charge in [-0.15, -0.1) is 17.9 Å². The van der Waals surface area contributed by atoms with Gasteiger partial charge in [0.25, 0.3) is 5.91 Å². The molecule has 1 fully saturated rings. The standard InChI is InChI=1S/C21H25ClN2O3S/c1-4-5-15-12-16(13-18(26-2)20(15)27-3)21(25)24-10-8-23(9-11-24)14-17-6-7-19(22)28-17/h4,6-7,12-13H,1,5,8-11,14H2,2-3H3. The van der Waals surface area contributed by atoms with Crippen molar-refractivity contribution in [3.63, 3.8) is 0 Å². The molecule has 0 saturated carbocycles. The molecule has 1 aliphatic rings. The first-order valence-electron chi connectivity index (χ1n) is 9.17. The Bertz CT molecular complexity index is 844. The van der Waals surface area contributed by atoms with E-state index in [4.69, 9.17) is 21.1 Å². The number of hydrogen-bond acceptors (Lipinski definition) is 5. The molecule has 0 bridgehead atoms. The summed E-state index contributed by atoms with van der Waals surface area (Å²) in [5.74, 6) is 1.24. The molecule has 0 N–H and O–H groups in total. The minimum Gasteiger partial charge on any atom is -0.493 e. The summed E-state index contributed by atoms with van der Waals surface area (Å²) in [5.41, 5.74) is 1.52. The van der Waals surface area contributed by atoms with Gasteiger partial charge in [0.2, 0.25) is 0 Å². The number of halogens is 1. The van der Waals surface area contributed by atoms with Crippen LogP contribution in [-0.4, -0.2) is 56.1 Å². The van der Waals surface area contributed by atoms with Crippen LogP contribution in [0.15, 0.2) is 36.9 Å². The molecule has 2 aromatic rings. The molecule has 5 nitrogen and oxygen atoms in total. The maximum Gasteiger partial charge on any atom is 0.254 e. The van der Waals surface area contributed by atoms with Crippen LogP contribution >= 0.6 is 22.9 Å². The summed E-state index contributed by atoms with van der Waals surface area (Å²) in [6, 6.07) is 7.63. The molecule has 0 radical (unpaired) electrons. The third-order valence-corrected chi connectivity index (χ3v) is 6.05. The van der Waals surface area contributed by atoms with E-state index in [1.54, 1.807) is 37.7 Å². The molecule has 1 saturated heterocycles.